The highest BCUT2D eigenvalue weighted by atomic mass is 79.9. The second kappa shape index (κ2) is 7.41. The zero-order valence-corrected chi connectivity index (χ0v) is 15.6. The third-order valence-corrected chi connectivity index (χ3v) is 4.85. The summed E-state index contributed by atoms with van der Waals surface area (Å²) in [6.07, 6.45) is 1.56. The predicted octanol–water partition coefficient (Wildman–Crippen LogP) is 2.56. The van der Waals surface area contributed by atoms with Gasteiger partial charge in [-0.05, 0) is 46.3 Å². The number of benzene rings is 1. The molecule has 25 heavy (non-hydrogen) atoms. The number of amides is 2. The summed E-state index contributed by atoms with van der Waals surface area (Å²) in [5.41, 5.74) is 7.13. The fourth-order valence-electron chi connectivity index (χ4n) is 2.75. The Hall–Kier alpha value is -2.12. The van der Waals surface area contributed by atoms with Crippen molar-refractivity contribution in [2.24, 2.45) is 5.73 Å². The summed E-state index contributed by atoms with van der Waals surface area (Å²) in [5.74, 6) is -0.566. The minimum atomic E-state index is -0.443. The Morgan fingerprint density at radius 1 is 1.12 bits per heavy atom. The van der Waals surface area contributed by atoms with Gasteiger partial charge in [0.2, 0.25) is 5.91 Å². The van der Waals surface area contributed by atoms with Gasteiger partial charge >= 0.3 is 0 Å². The number of pyridine rings is 1. The number of halogens is 2. The number of anilines is 1. The maximum Gasteiger partial charge on any atom is 0.257 e. The SMILES string of the molecule is NC(=O)c1ccc(N2CCN(C(=O)c3cc(Br)cnc3Cl)CC2)cc1. The van der Waals surface area contributed by atoms with Crippen LogP contribution in [0, 0.1) is 0 Å². The van der Waals surface area contributed by atoms with Gasteiger partial charge in [0.15, 0.2) is 0 Å². The van der Waals surface area contributed by atoms with Crippen LogP contribution in [0.1, 0.15) is 20.7 Å². The van der Waals surface area contributed by atoms with Crippen molar-refractivity contribution in [2.45, 2.75) is 0 Å². The average molecular weight is 424 g/mol. The van der Waals surface area contributed by atoms with Gasteiger partial charge in [-0.2, -0.15) is 0 Å². The summed E-state index contributed by atoms with van der Waals surface area (Å²) >= 11 is 9.36. The zero-order chi connectivity index (χ0) is 18.0. The molecule has 2 aromatic rings. The zero-order valence-electron chi connectivity index (χ0n) is 13.3. The number of nitrogens with zero attached hydrogens (tertiary/aromatic N) is 3. The van der Waals surface area contributed by atoms with Crippen molar-refractivity contribution in [2.75, 3.05) is 31.1 Å². The van der Waals surface area contributed by atoms with Crippen molar-refractivity contribution >= 4 is 45.0 Å². The maximum absolute atomic E-state index is 12.6. The lowest BCUT2D eigenvalue weighted by Crippen LogP contribution is -2.48. The molecule has 1 fully saturated rings. The predicted molar refractivity (Wildman–Crippen MR) is 100 cm³/mol. The summed E-state index contributed by atoms with van der Waals surface area (Å²) in [4.78, 5) is 31.7. The van der Waals surface area contributed by atoms with Crippen molar-refractivity contribution in [3.63, 3.8) is 0 Å². The van der Waals surface area contributed by atoms with Gasteiger partial charge in [-0.3, -0.25) is 9.59 Å². The van der Waals surface area contributed by atoms with Gasteiger partial charge in [0.25, 0.3) is 5.91 Å². The molecule has 6 nitrogen and oxygen atoms in total. The second-order valence-corrected chi connectivity index (χ2v) is 6.96. The topological polar surface area (TPSA) is 79.5 Å². The van der Waals surface area contributed by atoms with E-state index in [1.807, 2.05) is 12.1 Å². The number of hydrogen-bond acceptors (Lipinski definition) is 4. The molecule has 0 saturated carbocycles. The van der Waals surface area contributed by atoms with Crippen LogP contribution < -0.4 is 10.6 Å². The Bertz CT molecular complexity index is 805. The highest BCUT2D eigenvalue weighted by Gasteiger charge is 2.24. The van der Waals surface area contributed by atoms with Crippen LogP contribution in [-0.4, -0.2) is 47.9 Å². The lowest BCUT2D eigenvalue weighted by Gasteiger charge is -2.36. The highest BCUT2D eigenvalue weighted by Crippen LogP contribution is 2.22. The quantitative estimate of drug-likeness (QED) is 0.770. The Labute approximate surface area is 158 Å². The van der Waals surface area contributed by atoms with E-state index >= 15 is 0 Å². The molecule has 3 rings (SSSR count). The number of piperazine rings is 1. The van der Waals surface area contributed by atoms with Crippen LogP contribution in [0.5, 0.6) is 0 Å². The van der Waals surface area contributed by atoms with Crippen molar-refractivity contribution in [3.8, 4) is 0 Å². The number of aromatic nitrogens is 1. The molecule has 1 saturated heterocycles. The average Bonchev–Trinajstić information content (AvgIpc) is 2.63. The number of carbonyl (C=O) groups excluding carboxylic acids is 2. The molecular weight excluding hydrogens is 408 g/mol. The molecule has 2 N–H and O–H groups in total. The van der Waals surface area contributed by atoms with Gasteiger partial charge in [0, 0.05) is 48.1 Å². The van der Waals surface area contributed by atoms with Crippen LogP contribution in [-0.2, 0) is 0 Å². The Kier molecular flexibility index (Phi) is 5.24. The lowest BCUT2D eigenvalue weighted by molar-refractivity contribution is 0.0746. The Morgan fingerprint density at radius 3 is 2.36 bits per heavy atom. The summed E-state index contributed by atoms with van der Waals surface area (Å²) in [6.45, 7) is 2.56. The Morgan fingerprint density at radius 2 is 1.76 bits per heavy atom. The molecule has 1 aliphatic rings. The molecule has 130 valence electrons. The van der Waals surface area contributed by atoms with E-state index < -0.39 is 5.91 Å². The standard InChI is InChI=1S/C17H16BrClN4O2/c18-12-9-14(15(19)21-10-12)17(25)23-7-5-22(6-8-23)13-3-1-11(2-4-13)16(20)24/h1-4,9-10H,5-8H2,(H2,20,24). The molecule has 1 aliphatic heterocycles. The van der Waals surface area contributed by atoms with Gasteiger partial charge in [-0.15, -0.1) is 0 Å². The fourth-order valence-corrected chi connectivity index (χ4v) is 3.26. The molecule has 0 unspecified atom stereocenters. The van der Waals surface area contributed by atoms with E-state index in [2.05, 4.69) is 25.8 Å². The third-order valence-electron chi connectivity index (χ3n) is 4.12. The molecular formula is C17H16BrClN4O2. The smallest absolute Gasteiger partial charge is 0.257 e. The van der Waals surface area contributed by atoms with E-state index in [9.17, 15) is 9.59 Å². The first-order valence-electron chi connectivity index (χ1n) is 7.71. The number of hydrogen-bond donors (Lipinski definition) is 1. The van der Waals surface area contributed by atoms with E-state index in [0.29, 0.717) is 41.8 Å². The first-order valence-corrected chi connectivity index (χ1v) is 8.88. The van der Waals surface area contributed by atoms with E-state index in [4.69, 9.17) is 17.3 Å². The first-order chi connectivity index (χ1) is 12.0. The molecule has 0 atom stereocenters. The van der Waals surface area contributed by atoms with Crippen molar-refractivity contribution in [1.82, 2.24) is 9.88 Å². The van der Waals surface area contributed by atoms with E-state index in [1.165, 1.54) is 0 Å². The van der Waals surface area contributed by atoms with Crippen LogP contribution in [0.3, 0.4) is 0 Å². The molecule has 2 amide bonds. The van der Waals surface area contributed by atoms with Crippen LogP contribution in [0.15, 0.2) is 41.0 Å². The minimum Gasteiger partial charge on any atom is -0.368 e. The lowest BCUT2D eigenvalue weighted by atomic mass is 10.1. The van der Waals surface area contributed by atoms with Crippen LogP contribution in [0.4, 0.5) is 5.69 Å². The largest absolute Gasteiger partial charge is 0.368 e. The number of nitrogens with two attached hydrogens (primary N) is 1. The monoisotopic (exact) mass is 422 g/mol. The van der Waals surface area contributed by atoms with Crippen molar-refractivity contribution in [3.05, 3.63) is 57.3 Å². The van der Waals surface area contributed by atoms with Crippen LogP contribution in [0.25, 0.3) is 0 Å². The third kappa shape index (κ3) is 3.93. The second-order valence-electron chi connectivity index (χ2n) is 5.68. The summed E-state index contributed by atoms with van der Waals surface area (Å²) < 4.78 is 0.716. The highest BCUT2D eigenvalue weighted by molar-refractivity contribution is 9.10. The fraction of sp³-hybridized carbons (Fsp3) is 0.235. The van der Waals surface area contributed by atoms with Crippen LogP contribution >= 0.6 is 27.5 Å². The summed E-state index contributed by atoms with van der Waals surface area (Å²) in [5, 5.41) is 0.206. The van der Waals surface area contributed by atoms with Crippen molar-refractivity contribution < 1.29 is 9.59 Å². The molecule has 8 heteroatoms. The van der Waals surface area contributed by atoms with Crippen molar-refractivity contribution in [1.29, 1.82) is 0 Å². The summed E-state index contributed by atoms with van der Waals surface area (Å²) in [7, 11) is 0. The molecule has 0 spiro atoms. The number of carbonyl (C=O) groups is 2. The number of primary amides is 1. The van der Waals surface area contributed by atoms with Gasteiger partial charge in [-0.1, -0.05) is 11.6 Å². The van der Waals surface area contributed by atoms with E-state index in [-0.39, 0.29) is 11.1 Å². The van der Waals surface area contributed by atoms with Crippen LogP contribution in [0.2, 0.25) is 5.15 Å². The Balaban J connectivity index is 1.66. The van der Waals surface area contributed by atoms with Gasteiger partial charge in [-0.25, -0.2) is 4.98 Å². The molecule has 2 heterocycles. The molecule has 0 bridgehead atoms. The van der Waals surface area contributed by atoms with Gasteiger partial charge in [0.1, 0.15) is 5.15 Å². The molecule has 0 aliphatic carbocycles. The minimum absolute atomic E-state index is 0.123. The molecule has 1 aromatic carbocycles. The number of rotatable bonds is 3. The van der Waals surface area contributed by atoms with Gasteiger partial charge < -0.3 is 15.5 Å². The maximum atomic E-state index is 12.6. The molecule has 0 radical (unpaired) electrons. The molecule has 1 aromatic heterocycles. The van der Waals surface area contributed by atoms with E-state index in [1.54, 1.807) is 29.3 Å². The normalized spacial score (nSPS) is 14.5. The van der Waals surface area contributed by atoms with E-state index in [0.717, 1.165) is 5.69 Å². The van der Waals surface area contributed by atoms with Gasteiger partial charge in [0.05, 0.1) is 5.56 Å². The first kappa shape index (κ1) is 17.7. The summed E-state index contributed by atoms with van der Waals surface area (Å²) in [6, 6.07) is 8.84.